The lowest BCUT2D eigenvalue weighted by atomic mass is 10.1. The number of carbonyl (C=O) groups is 2. The molecule has 7 nitrogen and oxygen atoms in total. The largest absolute Gasteiger partial charge is 0.387 e. The van der Waals surface area contributed by atoms with E-state index in [0.717, 1.165) is 12.2 Å². The Morgan fingerprint density at radius 2 is 1.26 bits per heavy atom. The number of carbonyl (C=O) groups excluding carboxylic acids is 2. The van der Waals surface area contributed by atoms with E-state index in [0.29, 0.717) is 0 Å². The third-order valence-corrected chi connectivity index (χ3v) is 1.65. The summed E-state index contributed by atoms with van der Waals surface area (Å²) in [6, 6.07) is 3.94. The molecule has 0 fully saturated rings. The Hall–Kier alpha value is -2.54. The first-order chi connectivity index (χ1) is 8.62. The van der Waals surface area contributed by atoms with Gasteiger partial charge in [-0.15, -0.1) is 0 Å². The van der Waals surface area contributed by atoms with Crippen molar-refractivity contribution < 1.29 is 14.3 Å². The normalized spacial score (nSPS) is 14.4. The maximum Gasteiger partial charge on any atom is 0.338 e. The van der Waals surface area contributed by atoms with Gasteiger partial charge in [-0.05, 0) is 27.7 Å². The molecule has 19 heavy (non-hydrogen) atoms. The Morgan fingerprint density at radius 1 is 0.947 bits per heavy atom. The third kappa shape index (κ3) is 7.40. The third-order valence-electron chi connectivity index (χ3n) is 1.65. The van der Waals surface area contributed by atoms with Crippen molar-refractivity contribution in [3.05, 3.63) is 12.2 Å². The second-order valence-electron chi connectivity index (χ2n) is 4.62. The lowest BCUT2D eigenvalue weighted by Crippen LogP contribution is -2.17. The second kappa shape index (κ2) is 6.41. The van der Waals surface area contributed by atoms with E-state index in [4.69, 9.17) is 10.5 Å². The highest BCUT2D eigenvalue weighted by molar-refractivity contribution is 6.04. The predicted octanol–water partition coefficient (Wildman–Crippen LogP) is 1.67. The fourth-order valence-corrected chi connectivity index (χ4v) is 0.598. The number of ether oxygens (including phenoxy) is 1. The molecule has 0 atom stereocenters. The van der Waals surface area contributed by atoms with Crippen LogP contribution in [0.15, 0.2) is 22.4 Å². The first kappa shape index (κ1) is 16.5. The van der Waals surface area contributed by atoms with E-state index in [1.807, 2.05) is 12.1 Å². The van der Waals surface area contributed by atoms with Crippen LogP contribution in [0.4, 0.5) is 0 Å². The molecule has 1 rings (SSSR count). The van der Waals surface area contributed by atoms with Crippen LogP contribution >= 0.6 is 0 Å². The minimum Gasteiger partial charge on any atom is -0.387 e. The molecule has 0 saturated heterocycles. The quantitative estimate of drug-likeness (QED) is 0.426. The van der Waals surface area contributed by atoms with Gasteiger partial charge in [0.2, 0.25) is 0 Å². The zero-order valence-electron chi connectivity index (χ0n) is 11.2. The molecule has 0 bridgehead atoms. The van der Waals surface area contributed by atoms with Crippen molar-refractivity contribution in [3.63, 3.8) is 0 Å². The highest BCUT2D eigenvalue weighted by Crippen LogP contribution is 2.13. The molecule has 0 radical (unpaired) electrons. The summed E-state index contributed by atoms with van der Waals surface area (Å²) in [7, 11) is 0. The number of rotatable bonds is 2. The van der Waals surface area contributed by atoms with Gasteiger partial charge in [0.25, 0.3) is 0 Å². The van der Waals surface area contributed by atoms with Gasteiger partial charge in [-0.3, -0.25) is 0 Å². The summed E-state index contributed by atoms with van der Waals surface area (Å²) in [5.41, 5.74) is -1.68. The number of hydrogen-bond donors (Lipinski definition) is 0. The van der Waals surface area contributed by atoms with E-state index >= 15 is 0 Å². The molecule has 0 amide bonds. The lowest BCUT2D eigenvalue weighted by molar-refractivity contribution is -0.150. The van der Waals surface area contributed by atoms with Crippen LogP contribution in [-0.4, -0.2) is 23.0 Å². The monoisotopic (exact) mass is 262 g/mol. The number of nitrogens with zero attached hydrogens (tertiary/aromatic N) is 4. The van der Waals surface area contributed by atoms with Crippen molar-refractivity contribution in [1.82, 2.24) is 0 Å². The topological polar surface area (TPSA) is 116 Å². The number of cyclic esters (lactones) is 2. The zero-order valence-corrected chi connectivity index (χ0v) is 11.2. The van der Waals surface area contributed by atoms with Crippen molar-refractivity contribution in [2.45, 2.75) is 38.8 Å². The van der Waals surface area contributed by atoms with Crippen molar-refractivity contribution in [1.29, 1.82) is 10.5 Å². The van der Waals surface area contributed by atoms with Crippen molar-refractivity contribution >= 4 is 11.9 Å². The van der Waals surface area contributed by atoms with E-state index < -0.39 is 23.0 Å². The van der Waals surface area contributed by atoms with Crippen LogP contribution in [0.5, 0.6) is 0 Å². The molecule has 0 aliphatic carbocycles. The Balaban J connectivity index is 0.000000388. The summed E-state index contributed by atoms with van der Waals surface area (Å²) in [5, 5.41) is 24.7. The molecule has 1 aliphatic rings. The molecular weight excluding hydrogens is 248 g/mol. The molecule has 1 aliphatic heterocycles. The van der Waals surface area contributed by atoms with Crippen LogP contribution in [0.1, 0.15) is 27.7 Å². The van der Waals surface area contributed by atoms with Crippen LogP contribution in [-0.2, 0) is 14.3 Å². The Bertz CT molecular complexity index is 460. The first-order valence-corrected chi connectivity index (χ1v) is 5.32. The summed E-state index contributed by atoms with van der Waals surface area (Å²) < 4.78 is 3.97. The number of hydrogen-bond acceptors (Lipinski definition) is 7. The van der Waals surface area contributed by atoms with Gasteiger partial charge in [0.1, 0.15) is 0 Å². The van der Waals surface area contributed by atoms with Crippen LogP contribution in [0.25, 0.3) is 0 Å². The van der Waals surface area contributed by atoms with Crippen LogP contribution in [0.3, 0.4) is 0 Å². The smallest absolute Gasteiger partial charge is 0.338 e. The Morgan fingerprint density at radius 3 is 1.42 bits per heavy atom. The fourth-order valence-electron chi connectivity index (χ4n) is 0.598. The van der Waals surface area contributed by atoms with Gasteiger partial charge in [0.05, 0.1) is 12.1 Å². The van der Waals surface area contributed by atoms with Gasteiger partial charge in [-0.25, -0.2) is 9.59 Å². The predicted molar refractivity (Wildman–Crippen MR) is 64.5 cm³/mol. The van der Waals surface area contributed by atoms with E-state index in [1.54, 1.807) is 27.7 Å². The highest BCUT2D eigenvalue weighted by atomic mass is 16.6. The molecule has 0 unspecified atom stereocenters. The molecule has 0 aromatic heterocycles. The molecule has 0 saturated carbocycles. The molecular formula is C12H14N4O3. The minimum absolute atomic E-state index is 0.579. The van der Waals surface area contributed by atoms with E-state index in [2.05, 4.69) is 15.0 Å². The van der Waals surface area contributed by atoms with E-state index in [1.165, 1.54) is 0 Å². The van der Waals surface area contributed by atoms with Gasteiger partial charge >= 0.3 is 11.9 Å². The van der Waals surface area contributed by atoms with Crippen LogP contribution < -0.4 is 0 Å². The second-order valence-corrected chi connectivity index (χ2v) is 4.62. The maximum atomic E-state index is 9.92. The fraction of sp³-hybridized carbons (Fsp3) is 0.500. The number of nitriles is 2. The highest BCUT2D eigenvalue weighted by Gasteiger charge is 2.19. The van der Waals surface area contributed by atoms with Gasteiger partial charge in [-0.1, -0.05) is 0 Å². The summed E-state index contributed by atoms with van der Waals surface area (Å²) in [6.45, 7) is 6.57. The van der Waals surface area contributed by atoms with Crippen LogP contribution in [0.2, 0.25) is 0 Å². The summed E-state index contributed by atoms with van der Waals surface area (Å²) >= 11 is 0. The Kier molecular flexibility index (Phi) is 5.55. The molecule has 1 heterocycles. The lowest BCUT2D eigenvalue weighted by Gasteiger charge is -2.11. The van der Waals surface area contributed by atoms with E-state index in [9.17, 15) is 9.59 Å². The van der Waals surface area contributed by atoms with E-state index in [-0.39, 0.29) is 0 Å². The maximum absolute atomic E-state index is 9.92. The van der Waals surface area contributed by atoms with Gasteiger partial charge < -0.3 is 4.74 Å². The number of esters is 2. The SMILES string of the molecule is CC(C)(C#N)N=NC(C)(C)C#N.O=C1C=CC(=O)O1. The molecule has 0 aromatic rings. The van der Waals surface area contributed by atoms with Crippen molar-refractivity contribution in [2.75, 3.05) is 0 Å². The molecule has 100 valence electrons. The average Bonchev–Trinajstić information content (AvgIpc) is 2.72. The van der Waals surface area contributed by atoms with Crippen molar-refractivity contribution in [3.8, 4) is 12.1 Å². The molecule has 7 heteroatoms. The number of azo groups is 1. The summed E-state index contributed by atoms with van der Waals surface area (Å²) in [4.78, 5) is 19.8. The van der Waals surface area contributed by atoms with Crippen LogP contribution in [0, 0.1) is 22.7 Å². The van der Waals surface area contributed by atoms with Gasteiger partial charge in [0.15, 0.2) is 11.1 Å². The Labute approximate surface area is 111 Å². The van der Waals surface area contributed by atoms with Gasteiger partial charge in [0, 0.05) is 12.2 Å². The van der Waals surface area contributed by atoms with Crippen molar-refractivity contribution in [2.24, 2.45) is 10.2 Å². The zero-order chi connectivity index (χ0) is 15.1. The summed E-state index contributed by atoms with van der Waals surface area (Å²) in [6.07, 6.45) is 2.17. The first-order valence-electron chi connectivity index (χ1n) is 5.32. The minimum atomic E-state index is -0.839. The summed E-state index contributed by atoms with van der Waals surface area (Å²) in [5.74, 6) is -1.16. The van der Waals surface area contributed by atoms with Gasteiger partial charge in [-0.2, -0.15) is 20.8 Å². The molecule has 0 N–H and O–H groups in total. The average molecular weight is 262 g/mol. The molecule has 0 aromatic carbocycles. The molecule has 0 spiro atoms. The standard InChI is InChI=1S/C8H12N4.C4H2O3/c1-7(2,5-9)11-12-8(3,4)6-10;5-3-1-2-4(6)7-3/h1-4H3;1-2H.